The van der Waals surface area contributed by atoms with Crippen LogP contribution in [-0.2, 0) is 16.4 Å². The molecule has 1 aliphatic heterocycles. The van der Waals surface area contributed by atoms with Gasteiger partial charge >= 0.3 is 0 Å². The van der Waals surface area contributed by atoms with Crippen LogP contribution in [0.3, 0.4) is 0 Å². The molecule has 1 heterocycles. The molecule has 0 aromatic heterocycles. The fourth-order valence-electron chi connectivity index (χ4n) is 2.64. The van der Waals surface area contributed by atoms with Crippen LogP contribution in [0.4, 0.5) is 4.39 Å². The lowest BCUT2D eigenvalue weighted by Crippen LogP contribution is -2.35. The average Bonchev–Trinajstić information content (AvgIpc) is 2.79. The van der Waals surface area contributed by atoms with Gasteiger partial charge in [0.2, 0.25) is 0 Å². The van der Waals surface area contributed by atoms with Crippen LogP contribution in [0.25, 0.3) is 0 Å². The van der Waals surface area contributed by atoms with E-state index in [2.05, 4.69) is 0 Å². The van der Waals surface area contributed by atoms with E-state index >= 15 is 0 Å². The maximum absolute atomic E-state index is 14.0. The minimum Gasteiger partial charge on any atom is -0.495 e. The molecular weight excluding hydrogens is 317 g/mol. The van der Waals surface area contributed by atoms with Crippen molar-refractivity contribution < 1.29 is 17.5 Å². The summed E-state index contributed by atoms with van der Waals surface area (Å²) < 4.78 is 42.3. The van der Waals surface area contributed by atoms with Gasteiger partial charge in [0.25, 0.3) is 0 Å². The SMILES string of the molecule is CCN(Cc1c(F)ccc(OC)c1Cl)[C@H]1CCS(=O)(=O)C1. The first-order valence-electron chi connectivity index (χ1n) is 6.83. The topological polar surface area (TPSA) is 46.6 Å². The van der Waals surface area contributed by atoms with Crippen molar-refractivity contribution in [2.24, 2.45) is 0 Å². The van der Waals surface area contributed by atoms with Gasteiger partial charge < -0.3 is 4.74 Å². The lowest BCUT2D eigenvalue weighted by molar-refractivity contribution is 0.212. The second-order valence-corrected chi connectivity index (χ2v) is 7.77. The fraction of sp³-hybridized carbons (Fsp3) is 0.571. The highest BCUT2D eigenvalue weighted by atomic mass is 35.5. The van der Waals surface area contributed by atoms with Crippen LogP contribution < -0.4 is 4.74 Å². The second-order valence-electron chi connectivity index (χ2n) is 5.16. The van der Waals surface area contributed by atoms with Crippen LogP contribution >= 0.6 is 11.6 Å². The molecule has 0 spiro atoms. The molecular formula is C14H19ClFNO3S. The molecule has 0 aliphatic carbocycles. The van der Waals surface area contributed by atoms with Crippen molar-refractivity contribution in [1.82, 2.24) is 4.90 Å². The van der Waals surface area contributed by atoms with E-state index in [4.69, 9.17) is 16.3 Å². The van der Waals surface area contributed by atoms with Gasteiger partial charge in [-0.2, -0.15) is 0 Å². The summed E-state index contributed by atoms with van der Waals surface area (Å²) in [5, 5.41) is 0.247. The number of sulfone groups is 1. The summed E-state index contributed by atoms with van der Waals surface area (Å²) in [4.78, 5) is 1.95. The molecule has 0 radical (unpaired) electrons. The number of halogens is 2. The van der Waals surface area contributed by atoms with Gasteiger partial charge in [-0.05, 0) is 25.1 Å². The van der Waals surface area contributed by atoms with E-state index in [1.54, 1.807) is 0 Å². The molecule has 1 aromatic rings. The molecule has 0 N–H and O–H groups in total. The van der Waals surface area contributed by atoms with E-state index in [0.29, 0.717) is 24.3 Å². The highest BCUT2D eigenvalue weighted by molar-refractivity contribution is 7.91. The van der Waals surface area contributed by atoms with Gasteiger partial charge in [0, 0.05) is 18.2 Å². The van der Waals surface area contributed by atoms with Crippen molar-refractivity contribution in [3.63, 3.8) is 0 Å². The summed E-state index contributed by atoms with van der Waals surface area (Å²) in [7, 11) is -1.49. The van der Waals surface area contributed by atoms with Gasteiger partial charge in [0.1, 0.15) is 11.6 Å². The van der Waals surface area contributed by atoms with Crippen LogP contribution in [0.5, 0.6) is 5.75 Å². The Labute approximate surface area is 129 Å². The Morgan fingerprint density at radius 2 is 2.19 bits per heavy atom. The number of methoxy groups -OCH3 is 1. The predicted molar refractivity (Wildman–Crippen MR) is 81.1 cm³/mol. The summed E-state index contributed by atoms with van der Waals surface area (Å²) in [6, 6.07) is 2.72. The number of nitrogens with zero attached hydrogens (tertiary/aromatic N) is 1. The van der Waals surface area contributed by atoms with Crippen molar-refractivity contribution in [2.75, 3.05) is 25.2 Å². The van der Waals surface area contributed by atoms with Crippen LogP contribution in [0.2, 0.25) is 5.02 Å². The summed E-state index contributed by atoms with van der Waals surface area (Å²) in [6.45, 7) is 2.84. The zero-order valence-electron chi connectivity index (χ0n) is 12.1. The first-order valence-corrected chi connectivity index (χ1v) is 9.03. The van der Waals surface area contributed by atoms with Crippen molar-refractivity contribution in [3.8, 4) is 5.75 Å². The Morgan fingerprint density at radius 1 is 1.48 bits per heavy atom. The number of rotatable bonds is 5. The summed E-state index contributed by atoms with van der Waals surface area (Å²) in [5.41, 5.74) is 0.349. The normalized spacial score (nSPS) is 20.9. The van der Waals surface area contributed by atoms with Crippen molar-refractivity contribution in [1.29, 1.82) is 0 Å². The molecule has 1 fully saturated rings. The highest BCUT2D eigenvalue weighted by Gasteiger charge is 2.32. The molecule has 1 saturated heterocycles. The average molecular weight is 336 g/mol. The Morgan fingerprint density at radius 3 is 2.71 bits per heavy atom. The molecule has 1 aliphatic rings. The quantitative estimate of drug-likeness (QED) is 0.829. The number of ether oxygens (including phenoxy) is 1. The first kappa shape index (κ1) is 16.5. The van der Waals surface area contributed by atoms with Crippen LogP contribution in [-0.4, -0.2) is 44.5 Å². The molecule has 1 atom stereocenters. The Bertz CT molecular complexity index is 621. The molecule has 0 amide bonds. The Balaban J connectivity index is 2.23. The standard InChI is InChI=1S/C14H19ClFNO3S/c1-3-17(10-6-7-21(18,19)9-10)8-11-12(16)4-5-13(20-2)14(11)15/h4-5,10H,3,6-9H2,1-2H3/t10-/m0/s1. The Kier molecular flexibility index (Phi) is 5.11. The minimum atomic E-state index is -2.97. The van der Waals surface area contributed by atoms with Crippen molar-refractivity contribution >= 4 is 21.4 Å². The molecule has 0 saturated carbocycles. The van der Waals surface area contributed by atoms with Crippen molar-refractivity contribution in [3.05, 3.63) is 28.5 Å². The van der Waals surface area contributed by atoms with Gasteiger partial charge in [-0.15, -0.1) is 0 Å². The van der Waals surface area contributed by atoms with Gasteiger partial charge in [0.05, 0.1) is 23.6 Å². The molecule has 7 heteroatoms. The maximum atomic E-state index is 14.0. The number of hydrogen-bond acceptors (Lipinski definition) is 4. The van der Waals surface area contributed by atoms with E-state index in [0.717, 1.165) is 0 Å². The van der Waals surface area contributed by atoms with Crippen molar-refractivity contribution in [2.45, 2.75) is 25.9 Å². The fourth-order valence-corrected chi connectivity index (χ4v) is 4.70. The van der Waals surface area contributed by atoms with E-state index in [1.165, 1.54) is 19.2 Å². The summed E-state index contributed by atoms with van der Waals surface area (Å²) in [6.07, 6.45) is 0.583. The molecule has 1 aromatic carbocycles. The molecule has 0 unspecified atom stereocenters. The van der Waals surface area contributed by atoms with Gasteiger partial charge in [0.15, 0.2) is 9.84 Å². The van der Waals surface area contributed by atoms with Gasteiger partial charge in [-0.3, -0.25) is 4.90 Å². The molecule has 0 bridgehead atoms. The third-order valence-corrected chi connectivity index (χ3v) is 6.03. The third kappa shape index (κ3) is 3.67. The molecule has 118 valence electrons. The second kappa shape index (κ2) is 6.50. The predicted octanol–water partition coefficient (Wildman–Crippen LogP) is 2.50. The molecule has 2 rings (SSSR count). The van der Waals surface area contributed by atoms with Crippen LogP contribution in [0.1, 0.15) is 18.9 Å². The smallest absolute Gasteiger partial charge is 0.151 e. The van der Waals surface area contributed by atoms with E-state index in [-0.39, 0.29) is 29.1 Å². The van der Waals surface area contributed by atoms with Gasteiger partial charge in [-0.1, -0.05) is 18.5 Å². The molecule has 21 heavy (non-hydrogen) atoms. The largest absolute Gasteiger partial charge is 0.495 e. The third-order valence-electron chi connectivity index (χ3n) is 3.86. The van der Waals surface area contributed by atoms with E-state index in [9.17, 15) is 12.8 Å². The van der Waals surface area contributed by atoms with Crippen LogP contribution in [0, 0.1) is 5.82 Å². The van der Waals surface area contributed by atoms with E-state index in [1.807, 2.05) is 11.8 Å². The van der Waals surface area contributed by atoms with E-state index < -0.39 is 15.7 Å². The highest BCUT2D eigenvalue weighted by Crippen LogP contribution is 2.32. The zero-order chi connectivity index (χ0) is 15.6. The van der Waals surface area contributed by atoms with Crippen LogP contribution in [0.15, 0.2) is 12.1 Å². The summed E-state index contributed by atoms with van der Waals surface area (Å²) >= 11 is 6.17. The first-order chi connectivity index (χ1) is 9.88. The molecule has 4 nitrogen and oxygen atoms in total. The lowest BCUT2D eigenvalue weighted by atomic mass is 10.1. The van der Waals surface area contributed by atoms with Gasteiger partial charge in [-0.25, -0.2) is 12.8 Å². The Hall–Kier alpha value is -0.850. The summed E-state index contributed by atoms with van der Waals surface area (Å²) in [5.74, 6) is 0.343. The maximum Gasteiger partial charge on any atom is 0.151 e. The number of hydrogen-bond donors (Lipinski definition) is 0. The minimum absolute atomic E-state index is 0.0818. The number of benzene rings is 1. The monoisotopic (exact) mass is 335 g/mol. The lowest BCUT2D eigenvalue weighted by Gasteiger charge is -2.27. The zero-order valence-corrected chi connectivity index (χ0v) is 13.7.